The van der Waals surface area contributed by atoms with E-state index in [9.17, 15) is 9.59 Å². The van der Waals surface area contributed by atoms with Crippen LogP contribution in [0, 0.1) is 11.8 Å². The molecule has 2 amide bonds. The summed E-state index contributed by atoms with van der Waals surface area (Å²) < 4.78 is 0. The maximum absolute atomic E-state index is 12.5. The Morgan fingerprint density at radius 3 is 2.72 bits per heavy atom. The molecule has 25 heavy (non-hydrogen) atoms. The molecule has 6 nitrogen and oxygen atoms in total. The van der Waals surface area contributed by atoms with Gasteiger partial charge < -0.3 is 16.0 Å². The maximum atomic E-state index is 12.5. The Hall–Kier alpha value is -1.69. The Morgan fingerprint density at radius 1 is 1.28 bits per heavy atom. The fraction of sp³-hybridized carbons (Fsp3) is 0.737. The smallest absolute Gasteiger partial charge is 0.247 e. The molecule has 0 radical (unpaired) electrons. The van der Waals surface area contributed by atoms with Crippen molar-refractivity contribution in [3.8, 4) is 0 Å². The van der Waals surface area contributed by atoms with Gasteiger partial charge >= 0.3 is 0 Å². The third kappa shape index (κ3) is 3.94. The van der Waals surface area contributed by atoms with Crippen LogP contribution < -0.4 is 16.0 Å². The highest BCUT2D eigenvalue weighted by atomic mass is 16.2. The molecule has 3 atom stereocenters. The van der Waals surface area contributed by atoms with E-state index >= 15 is 0 Å². The molecule has 138 valence electrons. The Bertz CT molecular complexity index is 605. The predicted molar refractivity (Wildman–Crippen MR) is 98.5 cm³/mol. The zero-order valence-electron chi connectivity index (χ0n) is 15.5. The minimum Gasteiger partial charge on any atom is -0.353 e. The van der Waals surface area contributed by atoms with Crippen molar-refractivity contribution in [2.75, 3.05) is 19.6 Å². The highest BCUT2D eigenvalue weighted by molar-refractivity contribution is 6.03. The third-order valence-electron chi connectivity index (χ3n) is 6.00. The first-order chi connectivity index (χ1) is 12.0. The molecule has 2 unspecified atom stereocenters. The van der Waals surface area contributed by atoms with Crippen LogP contribution in [0.25, 0.3) is 0 Å². The fourth-order valence-corrected chi connectivity index (χ4v) is 4.48. The predicted octanol–water partition coefficient (Wildman–Crippen LogP) is 1.18. The molecule has 3 aliphatic heterocycles. The summed E-state index contributed by atoms with van der Waals surface area (Å²) in [6, 6.07) is 0.276. The van der Waals surface area contributed by atoms with Gasteiger partial charge in [0.15, 0.2) is 0 Å². The lowest BCUT2D eigenvalue weighted by Gasteiger charge is -2.37. The molecule has 3 heterocycles. The number of hydrogen-bond donors (Lipinski definition) is 3. The van der Waals surface area contributed by atoms with Gasteiger partial charge in [0.05, 0.1) is 6.42 Å². The van der Waals surface area contributed by atoms with E-state index < -0.39 is 0 Å². The lowest BCUT2D eigenvalue weighted by Crippen LogP contribution is -2.51. The van der Waals surface area contributed by atoms with Crippen LogP contribution in [0.3, 0.4) is 0 Å². The summed E-state index contributed by atoms with van der Waals surface area (Å²) in [5.74, 6) is 0.520. The quantitative estimate of drug-likeness (QED) is 0.715. The first kappa shape index (κ1) is 18.1. The second-order valence-electron chi connectivity index (χ2n) is 7.65. The number of nitrogens with one attached hydrogen (secondary N) is 3. The van der Waals surface area contributed by atoms with Crippen molar-refractivity contribution >= 4 is 17.5 Å². The lowest BCUT2D eigenvalue weighted by atomic mass is 9.78. The van der Waals surface area contributed by atoms with E-state index in [1.165, 1.54) is 0 Å². The summed E-state index contributed by atoms with van der Waals surface area (Å²) >= 11 is 0. The number of rotatable bonds is 4. The zero-order chi connectivity index (χ0) is 18.0. The molecule has 0 saturated carbocycles. The van der Waals surface area contributed by atoms with Crippen LogP contribution in [0.15, 0.2) is 16.1 Å². The Morgan fingerprint density at radius 2 is 2.00 bits per heavy atom. The van der Waals surface area contributed by atoms with E-state index in [1.54, 1.807) is 0 Å². The van der Waals surface area contributed by atoms with E-state index in [4.69, 9.17) is 0 Å². The minimum atomic E-state index is -0.0851. The standard InChI is InChI=1S/C19H30N4O2/c1-11-15(19(25)23-16-6-9-21-13(3)18(11)16)10-17(24)22-12(2)14-4-7-20-8-5-14/h12,14,16,18,20H,4-10H2,1-3H3,(H,22,24)(H,23,25)/t12-,16?,18?/m0/s1. The van der Waals surface area contributed by atoms with Gasteiger partial charge in [0.25, 0.3) is 0 Å². The van der Waals surface area contributed by atoms with Crippen molar-refractivity contribution in [1.29, 1.82) is 0 Å². The highest BCUT2D eigenvalue weighted by Crippen LogP contribution is 2.31. The monoisotopic (exact) mass is 346 g/mol. The summed E-state index contributed by atoms with van der Waals surface area (Å²) in [6.07, 6.45) is 3.20. The van der Waals surface area contributed by atoms with E-state index in [-0.39, 0.29) is 36.2 Å². The van der Waals surface area contributed by atoms with Crippen LogP contribution in [0.5, 0.6) is 0 Å². The van der Waals surface area contributed by atoms with Gasteiger partial charge in [-0.15, -0.1) is 0 Å². The van der Waals surface area contributed by atoms with Crippen molar-refractivity contribution in [2.45, 2.75) is 58.5 Å². The van der Waals surface area contributed by atoms with Gasteiger partial charge in [0.2, 0.25) is 11.8 Å². The van der Waals surface area contributed by atoms with Crippen LogP contribution in [0.2, 0.25) is 0 Å². The first-order valence-corrected chi connectivity index (χ1v) is 9.49. The van der Waals surface area contributed by atoms with Crippen molar-refractivity contribution in [3.63, 3.8) is 0 Å². The van der Waals surface area contributed by atoms with E-state index in [0.29, 0.717) is 11.5 Å². The average Bonchev–Trinajstić information content (AvgIpc) is 2.59. The molecule has 1 saturated heterocycles. The van der Waals surface area contributed by atoms with Gasteiger partial charge in [0.1, 0.15) is 0 Å². The van der Waals surface area contributed by atoms with E-state index in [0.717, 1.165) is 50.2 Å². The summed E-state index contributed by atoms with van der Waals surface area (Å²) in [5.41, 5.74) is 2.70. The molecule has 0 bridgehead atoms. The largest absolute Gasteiger partial charge is 0.353 e. The molecule has 3 rings (SSSR count). The van der Waals surface area contributed by atoms with Crippen LogP contribution in [0.4, 0.5) is 0 Å². The zero-order valence-corrected chi connectivity index (χ0v) is 15.5. The normalized spacial score (nSPS) is 28.8. The number of hydrogen-bond acceptors (Lipinski definition) is 4. The topological polar surface area (TPSA) is 82.6 Å². The van der Waals surface area contributed by atoms with Gasteiger partial charge in [-0.05, 0) is 59.0 Å². The molecular formula is C19H30N4O2. The summed E-state index contributed by atoms with van der Waals surface area (Å²) in [7, 11) is 0. The summed E-state index contributed by atoms with van der Waals surface area (Å²) in [6.45, 7) is 8.88. The Kier molecular flexibility index (Phi) is 5.57. The number of fused-ring (bicyclic) bond motifs is 1. The Balaban J connectivity index is 1.67. The van der Waals surface area contributed by atoms with Crippen molar-refractivity contribution in [1.82, 2.24) is 16.0 Å². The number of carbonyl (C=O) groups excluding carboxylic acids is 2. The number of nitrogens with zero attached hydrogens (tertiary/aromatic N) is 1. The van der Waals surface area contributed by atoms with Crippen molar-refractivity contribution in [3.05, 3.63) is 11.1 Å². The number of carbonyl (C=O) groups is 2. The lowest BCUT2D eigenvalue weighted by molar-refractivity contribution is -0.124. The van der Waals surface area contributed by atoms with Gasteiger partial charge in [0, 0.05) is 35.8 Å². The first-order valence-electron chi connectivity index (χ1n) is 9.49. The maximum Gasteiger partial charge on any atom is 0.247 e. The van der Waals surface area contributed by atoms with Crippen LogP contribution >= 0.6 is 0 Å². The molecular weight excluding hydrogens is 316 g/mol. The summed E-state index contributed by atoms with van der Waals surface area (Å²) in [4.78, 5) is 29.6. The second-order valence-corrected chi connectivity index (χ2v) is 7.65. The minimum absolute atomic E-state index is 0.0561. The third-order valence-corrected chi connectivity index (χ3v) is 6.00. The number of amides is 2. The molecule has 0 spiro atoms. The molecule has 0 aliphatic carbocycles. The molecule has 3 N–H and O–H groups in total. The second kappa shape index (κ2) is 7.68. The molecule has 0 aromatic rings. The van der Waals surface area contributed by atoms with Crippen molar-refractivity contribution < 1.29 is 9.59 Å². The molecule has 3 aliphatic rings. The molecule has 6 heteroatoms. The summed E-state index contributed by atoms with van der Waals surface area (Å²) in [5, 5.41) is 9.54. The number of aliphatic imine (C=N–C) groups is 1. The van der Waals surface area contributed by atoms with Crippen molar-refractivity contribution in [2.24, 2.45) is 16.8 Å². The SMILES string of the molecule is CC1=NCCC2NC(=O)C(CC(=O)N[C@@H](C)C3CCNCC3)=C(C)C12. The van der Waals surface area contributed by atoms with Gasteiger partial charge in [-0.2, -0.15) is 0 Å². The van der Waals surface area contributed by atoms with E-state index in [1.807, 2.05) is 13.8 Å². The number of piperidine rings is 1. The van der Waals surface area contributed by atoms with E-state index in [2.05, 4.69) is 27.9 Å². The van der Waals surface area contributed by atoms with Crippen LogP contribution in [-0.2, 0) is 9.59 Å². The Labute approximate surface area is 149 Å². The molecule has 1 fully saturated rings. The molecule has 0 aromatic heterocycles. The van der Waals surface area contributed by atoms with Gasteiger partial charge in [-0.25, -0.2) is 0 Å². The van der Waals surface area contributed by atoms with Crippen LogP contribution in [0.1, 0.15) is 46.5 Å². The van der Waals surface area contributed by atoms with Gasteiger partial charge in [-0.3, -0.25) is 14.6 Å². The average molecular weight is 346 g/mol. The highest BCUT2D eigenvalue weighted by Gasteiger charge is 2.37. The van der Waals surface area contributed by atoms with Gasteiger partial charge in [-0.1, -0.05) is 5.57 Å². The molecule has 0 aromatic carbocycles. The fourth-order valence-electron chi connectivity index (χ4n) is 4.48. The van der Waals surface area contributed by atoms with Crippen LogP contribution in [-0.4, -0.2) is 49.2 Å².